The predicted molar refractivity (Wildman–Crippen MR) is 63.1 cm³/mol. The van der Waals surface area contributed by atoms with Crippen LogP contribution in [0.1, 0.15) is 6.92 Å². The average Bonchev–Trinajstić information content (AvgIpc) is 2.81. The number of nitrogens with one attached hydrogen (secondary N) is 1. The molecule has 2 rings (SSSR count). The average molecular weight is 243 g/mol. The van der Waals surface area contributed by atoms with Gasteiger partial charge in [0.25, 0.3) is 0 Å². The van der Waals surface area contributed by atoms with Gasteiger partial charge in [0, 0.05) is 44.7 Å². The fourth-order valence-electron chi connectivity index (χ4n) is 2.02. The number of hydrogen-bond acceptors (Lipinski definition) is 4. The maximum absolute atomic E-state index is 12.0. The highest BCUT2D eigenvalue weighted by Gasteiger charge is 2.29. The summed E-state index contributed by atoms with van der Waals surface area (Å²) < 4.78 is 0. The van der Waals surface area contributed by atoms with E-state index < -0.39 is 0 Å². The molecule has 0 spiro atoms. The smallest absolute Gasteiger partial charge is 0.240 e. The molecule has 0 aromatic carbocycles. The Labute approximate surface area is 99.5 Å². The van der Waals surface area contributed by atoms with Crippen LogP contribution in [0.4, 0.5) is 0 Å². The summed E-state index contributed by atoms with van der Waals surface area (Å²) >= 11 is 1.76. The van der Waals surface area contributed by atoms with Crippen LogP contribution in [0.15, 0.2) is 0 Å². The lowest BCUT2D eigenvalue weighted by atomic mass is 10.2. The molecular formula is C10H17N3O2S. The molecule has 5 nitrogen and oxygen atoms in total. The first-order valence-electron chi connectivity index (χ1n) is 5.54. The molecule has 0 aliphatic carbocycles. The fourth-order valence-corrected chi connectivity index (χ4v) is 2.95. The summed E-state index contributed by atoms with van der Waals surface area (Å²) in [5.74, 6) is 2.02. The molecule has 2 fully saturated rings. The minimum absolute atomic E-state index is 0.0196. The lowest BCUT2D eigenvalue weighted by Gasteiger charge is -2.35. The predicted octanol–water partition coefficient (Wildman–Crippen LogP) is -0.660. The minimum atomic E-state index is -0.0196. The number of piperazine rings is 1. The van der Waals surface area contributed by atoms with Crippen molar-refractivity contribution in [2.24, 2.45) is 0 Å². The number of amides is 2. The van der Waals surface area contributed by atoms with Crippen molar-refractivity contribution in [3.05, 3.63) is 0 Å². The molecule has 2 aliphatic rings. The summed E-state index contributed by atoms with van der Waals surface area (Å²) in [5.41, 5.74) is 0. The summed E-state index contributed by atoms with van der Waals surface area (Å²) in [6.07, 6.45) is 0. The van der Waals surface area contributed by atoms with Gasteiger partial charge in [-0.15, -0.1) is 11.8 Å². The van der Waals surface area contributed by atoms with Crippen molar-refractivity contribution in [1.82, 2.24) is 15.1 Å². The Balaban J connectivity index is 1.84. The van der Waals surface area contributed by atoms with Gasteiger partial charge in [0.2, 0.25) is 11.8 Å². The van der Waals surface area contributed by atoms with Gasteiger partial charge >= 0.3 is 0 Å². The van der Waals surface area contributed by atoms with Gasteiger partial charge in [0.1, 0.15) is 0 Å². The Kier molecular flexibility index (Phi) is 3.70. The van der Waals surface area contributed by atoms with E-state index in [1.807, 2.05) is 4.90 Å². The van der Waals surface area contributed by atoms with Crippen LogP contribution < -0.4 is 5.32 Å². The van der Waals surface area contributed by atoms with Crippen LogP contribution in [0, 0.1) is 0 Å². The molecule has 2 heterocycles. The second kappa shape index (κ2) is 5.05. The Bertz CT molecular complexity index is 284. The van der Waals surface area contributed by atoms with Gasteiger partial charge in [-0.1, -0.05) is 0 Å². The second-order valence-electron chi connectivity index (χ2n) is 4.10. The van der Waals surface area contributed by atoms with Crippen LogP contribution in [0.5, 0.6) is 0 Å². The maximum Gasteiger partial charge on any atom is 0.240 e. The lowest BCUT2D eigenvalue weighted by molar-refractivity contribution is -0.139. The van der Waals surface area contributed by atoms with E-state index in [1.165, 1.54) is 0 Å². The molecule has 2 aliphatic heterocycles. The fraction of sp³-hybridized carbons (Fsp3) is 0.800. The zero-order valence-corrected chi connectivity index (χ0v) is 10.3. The highest BCUT2D eigenvalue weighted by Crippen LogP contribution is 2.13. The standard InChI is InChI=1S/C10H17N3O2S/c1-8(14)12-2-4-13(5-3-12)10(15)9-6-16-7-11-9/h9,11H,2-7H2,1H3. The highest BCUT2D eigenvalue weighted by molar-refractivity contribution is 7.99. The van der Waals surface area contributed by atoms with Crippen molar-refractivity contribution in [2.45, 2.75) is 13.0 Å². The van der Waals surface area contributed by atoms with Crippen molar-refractivity contribution in [1.29, 1.82) is 0 Å². The second-order valence-corrected chi connectivity index (χ2v) is 5.13. The number of carbonyl (C=O) groups is 2. The molecule has 1 N–H and O–H groups in total. The quantitative estimate of drug-likeness (QED) is 0.664. The van der Waals surface area contributed by atoms with Crippen LogP contribution in [0.25, 0.3) is 0 Å². The molecular weight excluding hydrogens is 226 g/mol. The van der Waals surface area contributed by atoms with Crippen molar-refractivity contribution in [3.8, 4) is 0 Å². The molecule has 1 unspecified atom stereocenters. The minimum Gasteiger partial charge on any atom is -0.339 e. The van der Waals surface area contributed by atoms with E-state index in [2.05, 4.69) is 5.32 Å². The van der Waals surface area contributed by atoms with Gasteiger partial charge in [0.15, 0.2) is 0 Å². The summed E-state index contributed by atoms with van der Waals surface area (Å²) in [6.45, 7) is 4.25. The number of hydrogen-bond donors (Lipinski definition) is 1. The van der Waals surface area contributed by atoms with E-state index in [0.717, 1.165) is 11.6 Å². The third kappa shape index (κ3) is 2.49. The number of nitrogens with zero attached hydrogens (tertiary/aromatic N) is 2. The zero-order valence-electron chi connectivity index (χ0n) is 9.44. The van der Waals surface area contributed by atoms with E-state index >= 15 is 0 Å². The molecule has 0 aromatic rings. The molecule has 1 atom stereocenters. The zero-order chi connectivity index (χ0) is 11.5. The molecule has 6 heteroatoms. The van der Waals surface area contributed by atoms with Gasteiger partial charge < -0.3 is 9.80 Å². The van der Waals surface area contributed by atoms with E-state index in [0.29, 0.717) is 26.2 Å². The largest absolute Gasteiger partial charge is 0.339 e. The Morgan fingerprint density at radius 2 is 1.81 bits per heavy atom. The van der Waals surface area contributed by atoms with E-state index in [-0.39, 0.29) is 17.9 Å². The van der Waals surface area contributed by atoms with Crippen molar-refractivity contribution >= 4 is 23.6 Å². The Morgan fingerprint density at radius 3 is 2.31 bits per heavy atom. The molecule has 2 saturated heterocycles. The Hall–Kier alpha value is -0.750. The monoisotopic (exact) mass is 243 g/mol. The van der Waals surface area contributed by atoms with Crippen molar-refractivity contribution in [2.75, 3.05) is 37.8 Å². The molecule has 0 bridgehead atoms. The van der Waals surface area contributed by atoms with Crippen LogP contribution in [-0.2, 0) is 9.59 Å². The first-order chi connectivity index (χ1) is 7.68. The molecule has 90 valence electrons. The third-order valence-electron chi connectivity index (χ3n) is 3.05. The molecule has 0 aromatic heterocycles. The third-order valence-corrected chi connectivity index (χ3v) is 3.99. The van der Waals surface area contributed by atoms with Gasteiger partial charge in [-0.05, 0) is 0 Å². The molecule has 0 radical (unpaired) electrons. The first-order valence-corrected chi connectivity index (χ1v) is 6.69. The lowest BCUT2D eigenvalue weighted by Crippen LogP contribution is -2.54. The van der Waals surface area contributed by atoms with Crippen LogP contribution >= 0.6 is 11.8 Å². The molecule has 16 heavy (non-hydrogen) atoms. The van der Waals surface area contributed by atoms with Gasteiger partial charge in [0.05, 0.1) is 6.04 Å². The number of carbonyl (C=O) groups excluding carboxylic acids is 2. The summed E-state index contributed by atoms with van der Waals surface area (Å²) in [5, 5.41) is 3.18. The molecule has 0 saturated carbocycles. The van der Waals surface area contributed by atoms with Gasteiger partial charge in [-0.3, -0.25) is 14.9 Å². The summed E-state index contributed by atoms with van der Waals surface area (Å²) in [6, 6.07) is -0.0196. The summed E-state index contributed by atoms with van der Waals surface area (Å²) in [7, 11) is 0. The normalized spacial score (nSPS) is 25.9. The van der Waals surface area contributed by atoms with Gasteiger partial charge in [-0.2, -0.15) is 0 Å². The van der Waals surface area contributed by atoms with Crippen LogP contribution in [0.2, 0.25) is 0 Å². The Morgan fingerprint density at radius 1 is 1.19 bits per heavy atom. The van der Waals surface area contributed by atoms with Gasteiger partial charge in [-0.25, -0.2) is 0 Å². The summed E-state index contributed by atoms with van der Waals surface area (Å²) in [4.78, 5) is 26.8. The number of thioether (sulfide) groups is 1. The topological polar surface area (TPSA) is 52.7 Å². The number of rotatable bonds is 1. The SMILES string of the molecule is CC(=O)N1CCN(C(=O)C2CSCN2)CC1. The van der Waals surface area contributed by atoms with E-state index in [1.54, 1.807) is 23.6 Å². The van der Waals surface area contributed by atoms with Crippen LogP contribution in [0.3, 0.4) is 0 Å². The highest BCUT2D eigenvalue weighted by atomic mass is 32.2. The van der Waals surface area contributed by atoms with Crippen molar-refractivity contribution in [3.63, 3.8) is 0 Å². The van der Waals surface area contributed by atoms with Crippen molar-refractivity contribution < 1.29 is 9.59 Å². The van der Waals surface area contributed by atoms with E-state index in [9.17, 15) is 9.59 Å². The first kappa shape index (κ1) is 11.7. The van der Waals surface area contributed by atoms with Crippen LogP contribution in [-0.4, -0.2) is 65.5 Å². The van der Waals surface area contributed by atoms with E-state index in [4.69, 9.17) is 0 Å². The maximum atomic E-state index is 12.0. The molecule has 2 amide bonds.